The number of rotatable bonds is 2. The third-order valence-corrected chi connectivity index (χ3v) is 5.68. The average Bonchev–Trinajstić information content (AvgIpc) is 2.92. The lowest BCUT2D eigenvalue weighted by molar-refractivity contribution is 0.102. The van der Waals surface area contributed by atoms with Gasteiger partial charge in [-0.15, -0.1) is 11.3 Å². The van der Waals surface area contributed by atoms with Gasteiger partial charge in [-0.05, 0) is 37.1 Å². The molecule has 0 unspecified atom stereocenters. The molecule has 0 radical (unpaired) electrons. The number of nitrogens with zero attached hydrogens (tertiary/aromatic N) is 1. The van der Waals surface area contributed by atoms with Gasteiger partial charge in [-0.25, -0.2) is 9.37 Å². The Morgan fingerprint density at radius 2 is 2.12 bits per heavy atom. The van der Waals surface area contributed by atoms with E-state index in [-0.39, 0.29) is 22.8 Å². The second-order valence-corrected chi connectivity index (χ2v) is 8.13. The Balaban J connectivity index is 1.87. The lowest BCUT2D eigenvalue weighted by atomic mass is 9.98. The number of thiazole rings is 1. The molecule has 0 aliphatic carbocycles. The molecule has 2 aromatic rings. The zero-order chi connectivity index (χ0) is 17.5. The highest BCUT2D eigenvalue weighted by atomic mass is 32.1. The molecule has 2 heterocycles. The van der Waals surface area contributed by atoms with Crippen LogP contribution in [0.2, 0.25) is 0 Å². The summed E-state index contributed by atoms with van der Waals surface area (Å²) in [5.74, 6) is -0.617. The maximum Gasteiger partial charge on any atom is 0.267 e. The smallest absolute Gasteiger partial charge is 0.267 e. The molecule has 128 valence electrons. The number of fused-ring (bicyclic) bond motifs is 1. The Bertz CT molecular complexity index is 792. The van der Waals surface area contributed by atoms with Gasteiger partial charge in [0, 0.05) is 12.0 Å². The lowest BCUT2D eigenvalue weighted by Crippen LogP contribution is -2.25. The van der Waals surface area contributed by atoms with Crippen molar-refractivity contribution in [2.75, 3.05) is 11.9 Å². The van der Waals surface area contributed by atoms with Gasteiger partial charge in [0.05, 0.1) is 16.4 Å². The minimum absolute atomic E-state index is 0.113. The van der Waals surface area contributed by atoms with Gasteiger partial charge >= 0.3 is 0 Å². The van der Waals surface area contributed by atoms with E-state index in [1.807, 2.05) is 13.0 Å². The summed E-state index contributed by atoms with van der Waals surface area (Å²) in [4.78, 5) is 17.6. The van der Waals surface area contributed by atoms with Gasteiger partial charge in [-0.2, -0.15) is 0 Å². The predicted octanol–water partition coefficient (Wildman–Crippen LogP) is 3.79. The zero-order valence-electron chi connectivity index (χ0n) is 14.4. The van der Waals surface area contributed by atoms with Crippen LogP contribution < -0.4 is 10.6 Å². The normalized spacial score (nSPS) is 14.4. The molecule has 1 aromatic carbocycles. The van der Waals surface area contributed by atoms with Crippen LogP contribution in [0.3, 0.4) is 0 Å². The summed E-state index contributed by atoms with van der Waals surface area (Å²) in [7, 11) is 0. The first-order valence-corrected chi connectivity index (χ1v) is 8.89. The van der Waals surface area contributed by atoms with Crippen LogP contribution in [0.25, 0.3) is 0 Å². The van der Waals surface area contributed by atoms with Crippen molar-refractivity contribution in [3.05, 3.63) is 44.7 Å². The first-order chi connectivity index (χ1) is 11.3. The van der Waals surface area contributed by atoms with Crippen LogP contribution in [0.1, 0.15) is 52.3 Å². The number of hydrogen-bond acceptors (Lipinski definition) is 4. The Morgan fingerprint density at radius 3 is 2.79 bits per heavy atom. The Labute approximate surface area is 145 Å². The molecule has 1 aliphatic heterocycles. The highest BCUT2D eigenvalue weighted by molar-refractivity contribution is 7.14. The molecule has 0 spiro atoms. The Kier molecular flexibility index (Phi) is 4.44. The first-order valence-electron chi connectivity index (χ1n) is 8.07. The summed E-state index contributed by atoms with van der Waals surface area (Å²) in [5, 5.41) is 6.84. The molecule has 2 N–H and O–H groups in total. The molecule has 6 heteroatoms. The van der Waals surface area contributed by atoms with Gasteiger partial charge in [0.2, 0.25) is 0 Å². The molecule has 1 amide bonds. The average molecular weight is 347 g/mol. The van der Waals surface area contributed by atoms with Crippen LogP contribution in [-0.4, -0.2) is 17.4 Å². The standard InChI is InChI=1S/C18H22FN3OS/c1-10-15(24-17(21-10)18(2,3)4)16(23)22-13-6-5-11-9-20-8-7-12(11)14(13)19/h5-6,20H,7-9H2,1-4H3,(H,22,23). The van der Waals surface area contributed by atoms with Crippen LogP contribution in [0.5, 0.6) is 0 Å². The number of carbonyl (C=O) groups is 1. The van der Waals surface area contributed by atoms with E-state index in [4.69, 9.17) is 0 Å². The molecule has 0 saturated heterocycles. The van der Waals surface area contributed by atoms with Crippen molar-refractivity contribution in [1.82, 2.24) is 10.3 Å². The van der Waals surface area contributed by atoms with Crippen molar-refractivity contribution < 1.29 is 9.18 Å². The molecule has 1 aliphatic rings. The summed E-state index contributed by atoms with van der Waals surface area (Å²) in [5.41, 5.74) is 2.47. The Morgan fingerprint density at radius 1 is 1.38 bits per heavy atom. The van der Waals surface area contributed by atoms with Crippen LogP contribution in [0, 0.1) is 12.7 Å². The fourth-order valence-electron chi connectivity index (χ4n) is 2.74. The summed E-state index contributed by atoms with van der Waals surface area (Å²) < 4.78 is 14.7. The predicted molar refractivity (Wildman–Crippen MR) is 95.3 cm³/mol. The fourth-order valence-corrected chi connectivity index (χ4v) is 3.76. The van der Waals surface area contributed by atoms with Gasteiger partial charge in [0.15, 0.2) is 0 Å². The third kappa shape index (κ3) is 3.21. The second kappa shape index (κ2) is 6.26. The van der Waals surface area contributed by atoms with Gasteiger partial charge in [-0.3, -0.25) is 4.79 Å². The van der Waals surface area contributed by atoms with E-state index in [0.29, 0.717) is 29.1 Å². The molecule has 0 bridgehead atoms. The molecule has 0 saturated carbocycles. The molecule has 0 fully saturated rings. The van der Waals surface area contributed by atoms with E-state index in [9.17, 15) is 9.18 Å². The number of aryl methyl sites for hydroxylation is 1. The largest absolute Gasteiger partial charge is 0.319 e. The molecule has 3 rings (SSSR count). The maximum absolute atomic E-state index is 14.7. The quantitative estimate of drug-likeness (QED) is 0.869. The van der Waals surface area contributed by atoms with Crippen molar-refractivity contribution in [3.63, 3.8) is 0 Å². The summed E-state index contributed by atoms with van der Waals surface area (Å²) in [6.07, 6.45) is 0.638. The molecule has 0 atom stereocenters. The van der Waals surface area contributed by atoms with Crippen LogP contribution in [0.4, 0.5) is 10.1 Å². The monoisotopic (exact) mass is 347 g/mol. The van der Waals surface area contributed by atoms with Crippen molar-refractivity contribution in [3.8, 4) is 0 Å². The second-order valence-electron chi connectivity index (χ2n) is 7.13. The van der Waals surface area contributed by atoms with Crippen molar-refractivity contribution in [2.45, 2.75) is 46.1 Å². The van der Waals surface area contributed by atoms with Gasteiger partial charge in [-0.1, -0.05) is 26.8 Å². The van der Waals surface area contributed by atoms with Crippen molar-refractivity contribution in [2.24, 2.45) is 0 Å². The number of anilines is 1. The van der Waals surface area contributed by atoms with E-state index >= 15 is 0 Å². The molecular weight excluding hydrogens is 325 g/mol. The van der Waals surface area contributed by atoms with Gasteiger partial charge in [0.25, 0.3) is 5.91 Å². The van der Waals surface area contributed by atoms with Crippen LogP contribution >= 0.6 is 11.3 Å². The number of carbonyl (C=O) groups excluding carboxylic acids is 1. The molecular formula is C18H22FN3OS. The molecule has 24 heavy (non-hydrogen) atoms. The Hall–Kier alpha value is -1.79. The summed E-state index contributed by atoms with van der Waals surface area (Å²) in [6.45, 7) is 9.42. The van der Waals surface area contributed by atoms with Gasteiger partial charge < -0.3 is 10.6 Å². The van der Waals surface area contributed by atoms with Crippen molar-refractivity contribution >= 4 is 22.9 Å². The molecule has 1 aromatic heterocycles. The first kappa shape index (κ1) is 17.0. The highest BCUT2D eigenvalue weighted by Crippen LogP contribution is 2.30. The third-order valence-electron chi connectivity index (χ3n) is 4.10. The topological polar surface area (TPSA) is 54.0 Å². The van der Waals surface area contributed by atoms with E-state index in [0.717, 1.165) is 17.1 Å². The highest BCUT2D eigenvalue weighted by Gasteiger charge is 2.24. The fraction of sp³-hybridized carbons (Fsp3) is 0.444. The number of benzene rings is 1. The molecule has 4 nitrogen and oxygen atoms in total. The SMILES string of the molecule is Cc1nc(C(C)(C)C)sc1C(=O)Nc1ccc2c(c1F)CCNC2. The van der Waals surface area contributed by atoms with E-state index in [1.54, 1.807) is 6.07 Å². The van der Waals surface area contributed by atoms with Crippen LogP contribution in [-0.2, 0) is 18.4 Å². The minimum Gasteiger partial charge on any atom is -0.319 e. The van der Waals surface area contributed by atoms with Crippen molar-refractivity contribution in [1.29, 1.82) is 0 Å². The number of hydrogen-bond donors (Lipinski definition) is 2. The van der Waals surface area contributed by atoms with E-state index < -0.39 is 0 Å². The number of halogens is 1. The number of aromatic nitrogens is 1. The van der Waals surface area contributed by atoms with Gasteiger partial charge in [0.1, 0.15) is 10.7 Å². The summed E-state index contributed by atoms with van der Waals surface area (Å²) in [6, 6.07) is 3.51. The lowest BCUT2D eigenvalue weighted by Gasteiger charge is -2.19. The zero-order valence-corrected chi connectivity index (χ0v) is 15.2. The van der Waals surface area contributed by atoms with E-state index in [2.05, 4.69) is 36.4 Å². The minimum atomic E-state index is -0.319. The van der Waals surface area contributed by atoms with Crippen LogP contribution in [0.15, 0.2) is 12.1 Å². The number of nitrogens with one attached hydrogen (secondary N) is 2. The maximum atomic E-state index is 14.7. The number of amides is 1. The summed E-state index contributed by atoms with van der Waals surface area (Å²) >= 11 is 1.37. The van der Waals surface area contributed by atoms with E-state index in [1.165, 1.54) is 11.3 Å².